The minimum Gasteiger partial charge on any atom is -0.378 e. The Hall–Kier alpha value is -1.60. The highest BCUT2D eigenvalue weighted by atomic mass is 16.5. The predicted octanol–water partition coefficient (Wildman–Crippen LogP) is 0.324. The Balaban J connectivity index is 1.89. The van der Waals surface area contributed by atoms with Gasteiger partial charge in [0.05, 0.1) is 6.10 Å². The first kappa shape index (κ1) is 11.9. The maximum absolute atomic E-state index is 5.56. The van der Waals surface area contributed by atoms with Crippen LogP contribution in [0.25, 0.3) is 0 Å². The van der Waals surface area contributed by atoms with Crippen LogP contribution in [0.2, 0.25) is 0 Å². The van der Waals surface area contributed by atoms with E-state index in [9.17, 15) is 0 Å². The number of rotatable bonds is 5. The zero-order chi connectivity index (χ0) is 12.3. The van der Waals surface area contributed by atoms with E-state index in [1.54, 1.807) is 6.07 Å². The maximum atomic E-state index is 5.56. The zero-order valence-corrected chi connectivity index (χ0v) is 9.81. The molecule has 0 aliphatic heterocycles. The van der Waals surface area contributed by atoms with Crippen LogP contribution < -0.4 is 22.3 Å². The quantitative estimate of drug-likeness (QED) is 0.432. The van der Waals surface area contributed by atoms with Crippen LogP contribution in [-0.2, 0) is 4.74 Å². The van der Waals surface area contributed by atoms with Crippen molar-refractivity contribution in [2.24, 2.45) is 5.84 Å². The third-order valence-corrected chi connectivity index (χ3v) is 2.74. The van der Waals surface area contributed by atoms with Gasteiger partial charge in [-0.25, -0.2) is 5.84 Å². The summed E-state index contributed by atoms with van der Waals surface area (Å²) >= 11 is 0. The number of nitrogen functional groups attached to an aromatic ring is 2. The van der Waals surface area contributed by atoms with E-state index in [4.69, 9.17) is 16.3 Å². The summed E-state index contributed by atoms with van der Waals surface area (Å²) in [6, 6.07) is 2.11. The lowest BCUT2D eigenvalue weighted by Gasteiger charge is -2.35. The molecule has 1 aliphatic rings. The summed E-state index contributed by atoms with van der Waals surface area (Å²) in [5.74, 6) is 6.67. The number of hydrazine groups is 1. The second-order valence-corrected chi connectivity index (χ2v) is 4.03. The molecule has 1 heterocycles. The number of nitrogens with zero attached hydrogens (tertiary/aromatic N) is 2. The number of nitrogens with one attached hydrogen (secondary N) is 2. The fraction of sp³-hybridized carbons (Fsp3) is 0.600. The van der Waals surface area contributed by atoms with E-state index in [1.807, 2.05) is 6.92 Å². The van der Waals surface area contributed by atoms with E-state index in [1.165, 1.54) is 0 Å². The first-order valence-electron chi connectivity index (χ1n) is 5.70. The van der Waals surface area contributed by atoms with Crippen molar-refractivity contribution in [1.29, 1.82) is 0 Å². The van der Waals surface area contributed by atoms with Crippen LogP contribution in [0.5, 0.6) is 0 Å². The van der Waals surface area contributed by atoms with Crippen molar-refractivity contribution in [3.8, 4) is 0 Å². The van der Waals surface area contributed by atoms with Gasteiger partial charge in [0, 0.05) is 18.7 Å². The standard InChI is InChI=1S/C10H18N6O/c1-2-17-7-3-6(4-7)13-8-5-9(16-12)15-10(11)14-8/h5-7H,2-4,12H2,1H3,(H4,11,13,14,15,16). The minimum atomic E-state index is 0.198. The number of aromatic nitrogens is 2. The number of hydrogen-bond acceptors (Lipinski definition) is 7. The number of hydrogen-bond donors (Lipinski definition) is 4. The Bertz CT molecular complexity index is 379. The largest absolute Gasteiger partial charge is 0.378 e. The van der Waals surface area contributed by atoms with Crippen LogP contribution in [0.4, 0.5) is 17.6 Å². The molecule has 0 spiro atoms. The topological polar surface area (TPSA) is 111 Å². The molecule has 1 aromatic heterocycles. The molecular formula is C10H18N6O. The molecule has 0 saturated heterocycles. The van der Waals surface area contributed by atoms with Crippen LogP contribution in [-0.4, -0.2) is 28.7 Å². The van der Waals surface area contributed by atoms with Crippen molar-refractivity contribution in [2.75, 3.05) is 23.1 Å². The van der Waals surface area contributed by atoms with Crippen LogP contribution in [0.1, 0.15) is 19.8 Å². The Morgan fingerprint density at radius 1 is 1.41 bits per heavy atom. The van der Waals surface area contributed by atoms with Crippen molar-refractivity contribution in [3.05, 3.63) is 6.07 Å². The van der Waals surface area contributed by atoms with E-state index in [0.29, 0.717) is 23.8 Å². The predicted molar refractivity (Wildman–Crippen MR) is 66.3 cm³/mol. The Kier molecular flexibility index (Phi) is 3.60. The van der Waals surface area contributed by atoms with Gasteiger partial charge in [-0.1, -0.05) is 0 Å². The van der Waals surface area contributed by atoms with Crippen molar-refractivity contribution in [2.45, 2.75) is 31.9 Å². The molecule has 1 aromatic rings. The summed E-state index contributed by atoms with van der Waals surface area (Å²) in [7, 11) is 0. The molecule has 0 bridgehead atoms. The molecule has 0 atom stereocenters. The van der Waals surface area contributed by atoms with Crippen molar-refractivity contribution in [3.63, 3.8) is 0 Å². The summed E-state index contributed by atoms with van der Waals surface area (Å²) in [5.41, 5.74) is 8.01. The minimum absolute atomic E-state index is 0.198. The highest BCUT2D eigenvalue weighted by molar-refractivity contribution is 5.51. The number of ether oxygens (including phenoxy) is 1. The smallest absolute Gasteiger partial charge is 0.223 e. The van der Waals surface area contributed by atoms with Gasteiger partial charge in [0.2, 0.25) is 5.95 Å². The van der Waals surface area contributed by atoms with Gasteiger partial charge >= 0.3 is 0 Å². The molecule has 1 saturated carbocycles. The number of nitrogens with two attached hydrogens (primary N) is 2. The van der Waals surface area contributed by atoms with Crippen molar-refractivity contribution >= 4 is 17.6 Å². The Morgan fingerprint density at radius 2 is 2.12 bits per heavy atom. The van der Waals surface area contributed by atoms with Gasteiger partial charge in [-0.3, -0.25) is 0 Å². The summed E-state index contributed by atoms with van der Waals surface area (Å²) in [6.45, 7) is 2.77. The summed E-state index contributed by atoms with van der Waals surface area (Å²) < 4.78 is 5.48. The molecule has 1 aliphatic carbocycles. The summed E-state index contributed by atoms with van der Waals surface area (Å²) in [4.78, 5) is 8.01. The Labute approximate surface area is 99.9 Å². The lowest BCUT2D eigenvalue weighted by molar-refractivity contribution is 0.00293. The summed E-state index contributed by atoms with van der Waals surface area (Å²) in [6.07, 6.45) is 2.34. The van der Waals surface area contributed by atoms with E-state index in [0.717, 1.165) is 19.4 Å². The highest BCUT2D eigenvalue weighted by Gasteiger charge is 2.29. The second kappa shape index (κ2) is 5.15. The van der Waals surface area contributed by atoms with Crippen LogP contribution in [0.3, 0.4) is 0 Å². The maximum Gasteiger partial charge on any atom is 0.223 e. The molecule has 0 unspecified atom stereocenters. The van der Waals surface area contributed by atoms with Crippen LogP contribution >= 0.6 is 0 Å². The van der Waals surface area contributed by atoms with Gasteiger partial charge in [0.1, 0.15) is 11.6 Å². The van der Waals surface area contributed by atoms with Gasteiger partial charge in [0.25, 0.3) is 0 Å². The van der Waals surface area contributed by atoms with E-state index >= 15 is 0 Å². The molecular weight excluding hydrogens is 220 g/mol. The molecule has 0 radical (unpaired) electrons. The first-order valence-corrected chi connectivity index (χ1v) is 5.70. The average Bonchev–Trinajstić information content (AvgIpc) is 2.25. The third-order valence-electron chi connectivity index (χ3n) is 2.74. The van der Waals surface area contributed by atoms with E-state index in [-0.39, 0.29) is 5.95 Å². The molecule has 7 heteroatoms. The Morgan fingerprint density at radius 3 is 2.76 bits per heavy atom. The molecule has 6 N–H and O–H groups in total. The monoisotopic (exact) mass is 238 g/mol. The normalized spacial score (nSPS) is 22.9. The summed E-state index contributed by atoms with van der Waals surface area (Å²) in [5, 5.41) is 3.28. The van der Waals surface area contributed by atoms with Crippen molar-refractivity contribution < 1.29 is 4.74 Å². The van der Waals surface area contributed by atoms with Gasteiger partial charge in [0.15, 0.2) is 0 Å². The zero-order valence-electron chi connectivity index (χ0n) is 9.81. The fourth-order valence-electron chi connectivity index (χ4n) is 1.88. The highest BCUT2D eigenvalue weighted by Crippen LogP contribution is 2.26. The number of anilines is 3. The second-order valence-electron chi connectivity index (χ2n) is 4.03. The molecule has 7 nitrogen and oxygen atoms in total. The third kappa shape index (κ3) is 2.95. The van der Waals surface area contributed by atoms with Gasteiger partial charge < -0.3 is 21.2 Å². The fourth-order valence-corrected chi connectivity index (χ4v) is 1.88. The van der Waals surface area contributed by atoms with E-state index < -0.39 is 0 Å². The lowest BCUT2D eigenvalue weighted by Crippen LogP contribution is -2.41. The molecule has 94 valence electrons. The van der Waals surface area contributed by atoms with Gasteiger partial charge in [-0.2, -0.15) is 9.97 Å². The van der Waals surface area contributed by atoms with Gasteiger partial charge in [-0.05, 0) is 19.8 Å². The molecule has 0 aromatic carbocycles. The molecule has 17 heavy (non-hydrogen) atoms. The van der Waals surface area contributed by atoms with Crippen LogP contribution in [0, 0.1) is 0 Å². The first-order chi connectivity index (χ1) is 8.21. The SMILES string of the molecule is CCOC1CC(Nc2cc(NN)nc(N)n2)C1. The van der Waals surface area contributed by atoms with Gasteiger partial charge in [-0.15, -0.1) is 0 Å². The van der Waals surface area contributed by atoms with Crippen LogP contribution in [0.15, 0.2) is 6.07 Å². The van der Waals surface area contributed by atoms with E-state index in [2.05, 4.69) is 20.7 Å². The molecule has 0 amide bonds. The van der Waals surface area contributed by atoms with Crippen molar-refractivity contribution in [1.82, 2.24) is 9.97 Å². The lowest BCUT2D eigenvalue weighted by atomic mass is 9.89. The molecule has 2 rings (SSSR count). The average molecular weight is 238 g/mol. The molecule has 1 fully saturated rings.